The van der Waals surface area contributed by atoms with Crippen molar-refractivity contribution in [1.29, 1.82) is 0 Å². The molecule has 0 aliphatic carbocycles. The van der Waals surface area contributed by atoms with Crippen LogP contribution in [0.25, 0.3) is 0 Å². The third-order valence-corrected chi connectivity index (χ3v) is 3.86. The standard InChI is InChI=1S/C16H19ClN2/c1-11-5-4-6-12(2)16(11)15(18-3)9-13-7-8-19-10-14(13)17/h4-8,10,15,18H,9H2,1-3H3. The van der Waals surface area contributed by atoms with Gasteiger partial charge in [0.25, 0.3) is 0 Å². The quantitative estimate of drug-likeness (QED) is 0.916. The van der Waals surface area contributed by atoms with Gasteiger partial charge in [0.15, 0.2) is 0 Å². The van der Waals surface area contributed by atoms with Crippen LogP contribution < -0.4 is 5.32 Å². The van der Waals surface area contributed by atoms with E-state index in [9.17, 15) is 0 Å². The summed E-state index contributed by atoms with van der Waals surface area (Å²) in [6.45, 7) is 4.31. The van der Waals surface area contributed by atoms with Crippen LogP contribution in [0, 0.1) is 13.8 Å². The van der Waals surface area contributed by atoms with Crippen LogP contribution in [-0.4, -0.2) is 12.0 Å². The molecule has 100 valence electrons. The van der Waals surface area contributed by atoms with Gasteiger partial charge < -0.3 is 5.32 Å². The summed E-state index contributed by atoms with van der Waals surface area (Å²) in [5.41, 5.74) is 5.10. The van der Waals surface area contributed by atoms with Crippen LogP contribution in [-0.2, 0) is 6.42 Å². The van der Waals surface area contributed by atoms with Gasteiger partial charge >= 0.3 is 0 Å². The number of aryl methyl sites for hydroxylation is 2. The Morgan fingerprint density at radius 2 is 1.89 bits per heavy atom. The Bertz CT molecular complexity index is 546. The molecule has 3 heteroatoms. The first-order chi connectivity index (χ1) is 9.13. The van der Waals surface area contributed by atoms with Crippen LogP contribution >= 0.6 is 11.6 Å². The first kappa shape index (κ1) is 14.0. The minimum absolute atomic E-state index is 0.265. The summed E-state index contributed by atoms with van der Waals surface area (Å²) >= 11 is 6.20. The minimum atomic E-state index is 0.265. The Morgan fingerprint density at radius 3 is 2.47 bits per heavy atom. The molecular weight excluding hydrogens is 256 g/mol. The number of benzene rings is 1. The van der Waals surface area contributed by atoms with E-state index in [0.29, 0.717) is 0 Å². The van der Waals surface area contributed by atoms with Crippen LogP contribution in [0.15, 0.2) is 36.7 Å². The fourth-order valence-electron chi connectivity index (χ4n) is 2.51. The van der Waals surface area contributed by atoms with Gasteiger partial charge in [0.05, 0.1) is 5.02 Å². The van der Waals surface area contributed by atoms with E-state index >= 15 is 0 Å². The Hall–Kier alpha value is -1.38. The summed E-state index contributed by atoms with van der Waals surface area (Å²) in [5, 5.41) is 4.13. The fourth-order valence-corrected chi connectivity index (χ4v) is 2.71. The highest BCUT2D eigenvalue weighted by Crippen LogP contribution is 2.27. The van der Waals surface area contributed by atoms with Gasteiger partial charge in [-0.15, -0.1) is 0 Å². The zero-order valence-corrected chi connectivity index (χ0v) is 12.3. The average Bonchev–Trinajstić information content (AvgIpc) is 2.39. The van der Waals surface area contributed by atoms with Crippen molar-refractivity contribution in [2.24, 2.45) is 0 Å². The molecule has 1 unspecified atom stereocenters. The molecule has 0 amide bonds. The van der Waals surface area contributed by atoms with Gasteiger partial charge in [-0.1, -0.05) is 29.8 Å². The van der Waals surface area contributed by atoms with Crippen LogP contribution in [0.2, 0.25) is 5.02 Å². The lowest BCUT2D eigenvalue weighted by Gasteiger charge is -2.21. The van der Waals surface area contributed by atoms with Crippen molar-refractivity contribution in [3.8, 4) is 0 Å². The number of pyridine rings is 1. The highest BCUT2D eigenvalue weighted by molar-refractivity contribution is 6.31. The second kappa shape index (κ2) is 6.18. The molecule has 2 aromatic rings. The summed E-state index contributed by atoms with van der Waals surface area (Å²) in [4.78, 5) is 4.03. The molecule has 19 heavy (non-hydrogen) atoms. The lowest BCUT2D eigenvalue weighted by molar-refractivity contribution is 0.585. The maximum atomic E-state index is 6.20. The predicted molar refractivity (Wildman–Crippen MR) is 80.7 cm³/mol. The van der Waals surface area contributed by atoms with Crippen molar-refractivity contribution >= 4 is 11.6 Å². The summed E-state index contributed by atoms with van der Waals surface area (Å²) in [6, 6.07) is 8.66. The number of halogens is 1. The number of hydrogen-bond acceptors (Lipinski definition) is 2. The Balaban J connectivity index is 2.34. The Labute approximate surface area is 119 Å². The summed E-state index contributed by atoms with van der Waals surface area (Å²) in [5.74, 6) is 0. The smallest absolute Gasteiger partial charge is 0.0622 e. The van der Waals surface area contributed by atoms with Gasteiger partial charge in [-0.25, -0.2) is 0 Å². The van der Waals surface area contributed by atoms with Gasteiger partial charge in [0.2, 0.25) is 0 Å². The molecule has 0 fully saturated rings. The van der Waals surface area contributed by atoms with Gasteiger partial charge in [-0.2, -0.15) is 0 Å². The van der Waals surface area contributed by atoms with Crippen LogP contribution in [0.5, 0.6) is 0 Å². The molecule has 1 aromatic carbocycles. The van der Waals surface area contributed by atoms with E-state index in [4.69, 9.17) is 11.6 Å². The van der Waals surface area contributed by atoms with Crippen molar-refractivity contribution in [2.45, 2.75) is 26.3 Å². The number of hydrogen-bond donors (Lipinski definition) is 1. The molecule has 1 N–H and O–H groups in total. The van der Waals surface area contributed by atoms with Crippen molar-refractivity contribution in [3.63, 3.8) is 0 Å². The van der Waals surface area contributed by atoms with Crippen LogP contribution in [0.4, 0.5) is 0 Å². The number of rotatable bonds is 4. The maximum Gasteiger partial charge on any atom is 0.0622 e. The van der Waals surface area contributed by atoms with E-state index in [1.807, 2.05) is 13.1 Å². The zero-order valence-electron chi connectivity index (χ0n) is 11.6. The first-order valence-electron chi connectivity index (χ1n) is 6.45. The molecule has 0 saturated heterocycles. The highest BCUT2D eigenvalue weighted by atomic mass is 35.5. The largest absolute Gasteiger partial charge is 0.313 e. The Morgan fingerprint density at radius 1 is 1.21 bits per heavy atom. The number of nitrogens with zero attached hydrogens (tertiary/aromatic N) is 1. The molecule has 1 aromatic heterocycles. The molecule has 0 aliphatic rings. The topological polar surface area (TPSA) is 24.9 Å². The SMILES string of the molecule is CNC(Cc1ccncc1Cl)c1c(C)cccc1C. The normalized spacial score (nSPS) is 12.4. The monoisotopic (exact) mass is 274 g/mol. The van der Waals surface area contributed by atoms with Gasteiger partial charge in [-0.3, -0.25) is 4.98 Å². The van der Waals surface area contributed by atoms with E-state index in [2.05, 4.69) is 42.3 Å². The molecule has 1 heterocycles. The lowest BCUT2D eigenvalue weighted by atomic mass is 9.92. The third-order valence-electron chi connectivity index (χ3n) is 3.52. The van der Waals surface area contributed by atoms with Gasteiger partial charge in [-0.05, 0) is 55.6 Å². The van der Waals surface area contributed by atoms with Crippen molar-refractivity contribution < 1.29 is 0 Å². The Kier molecular flexibility index (Phi) is 4.56. The van der Waals surface area contributed by atoms with Crippen LogP contribution in [0.1, 0.15) is 28.3 Å². The third kappa shape index (κ3) is 3.14. The second-order valence-electron chi connectivity index (χ2n) is 4.82. The molecule has 0 bridgehead atoms. The summed E-state index contributed by atoms with van der Waals surface area (Å²) in [7, 11) is 1.99. The number of likely N-dealkylation sites (N-methyl/N-ethyl adjacent to an activating group) is 1. The second-order valence-corrected chi connectivity index (χ2v) is 5.23. The predicted octanol–water partition coefficient (Wildman–Crippen LogP) is 3.86. The summed E-state index contributed by atoms with van der Waals surface area (Å²) in [6.07, 6.45) is 4.36. The maximum absolute atomic E-state index is 6.20. The first-order valence-corrected chi connectivity index (χ1v) is 6.83. The molecular formula is C16H19ClN2. The van der Waals surface area contributed by atoms with Crippen LogP contribution in [0.3, 0.4) is 0 Å². The minimum Gasteiger partial charge on any atom is -0.313 e. The van der Waals surface area contributed by atoms with Crippen molar-refractivity contribution in [2.75, 3.05) is 7.05 Å². The molecule has 0 spiro atoms. The molecule has 1 atom stereocenters. The van der Waals surface area contributed by atoms with E-state index in [1.165, 1.54) is 16.7 Å². The molecule has 0 saturated carbocycles. The fraction of sp³-hybridized carbons (Fsp3) is 0.312. The highest BCUT2D eigenvalue weighted by Gasteiger charge is 2.16. The number of aromatic nitrogens is 1. The number of nitrogens with one attached hydrogen (secondary N) is 1. The lowest BCUT2D eigenvalue weighted by Crippen LogP contribution is -2.21. The van der Waals surface area contributed by atoms with E-state index in [-0.39, 0.29) is 6.04 Å². The summed E-state index contributed by atoms with van der Waals surface area (Å²) < 4.78 is 0. The molecule has 2 nitrogen and oxygen atoms in total. The molecule has 2 rings (SSSR count). The van der Waals surface area contributed by atoms with Crippen molar-refractivity contribution in [1.82, 2.24) is 10.3 Å². The van der Waals surface area contributed by atoms with Crippen molar-refractivity contribution in [3.05, 3.63) is 63.9 Å². The van der Waals surface area contributed by atoms with Gasteiger partial charge in [0.1, 0.15) is 0 Å². The van der Waals surface area contributed by atoms with E-state index in [1.54, 1.807) is 12.4 Å². The van der Waals surface area contributed by atoms with E-state index in [0.717, 1.165) is 17.0 Å². The van der Waals surface area contributed by atoms with E-state index < -0.39 is 0 Å². The molecule has 0 aliphatic heterocycles. The molecule has 0 radical (unpaired) electrons. The zero-order chi connectivity index (χ0) is 13.8. The van der Waals surface area contributed by atoms with Gasteiger partial charge in [0, 0.05) is 18.4 Å². The average molecular weight is 275 g/mol.